The molecule has 0 aliphatic carbocycles. The van der Waals surface area contributed by atoms with Gasteiger partial charge in [0.25, 0.3) is 5.88 Å². The van der Waals surface area contributed by atoms with E-state index in [1.807, 2.05) is 42.8 Å². The number of methoxy groups -OCH3 is 2. The summed E-state index contributed by atoms with van der Waals surface area (Å²) in [6.07, 6.45) is 2.11. The van der Waals surface area contributed by atoms with Crippen LogP contribution in [0.2, 0.25) is 0 Å². The van der Waals surface area contributed by atoms with Crippen molar-refractivity contribution in [3.05, 3.63) is 30.6 Å². The Morgan fingerprint density at radius 2 is 2.03 bits per heavy atom. The lowest BCUT2D eigenvalue weighted by Crippen LogP contribution is -2.25. The summed E-state index contributed by atoms with van der Waals surface area (Å²) in [4.78, 5) is 20.6. The fourth-order valence-corrected chi connectivity index (χ4v) is 3.64. The van der Waals surface area contributed by atoms with E-state index in [4.69, 9.17) is 14.2 Å². The van der Waals surface area contributed by atoms with Crippen LogP contribution in [0.3, 0.4) is 0 Å². The molecule has 3 heterocycles. The average Bonchev–Trinajstić information content (AvgIpc) is 3.33. The third-order valence-electron chi connectivity index (χ3n) is 5.30. The lowest BCUT2D eigenvalue weighted by molar-refractivity contribution is -0.119. The number of hydrogen-bond acceptors (Lipinski definition) is 6. The summed E-state index contributed by atoms with van der Waals surface area (Å²) in [6.45, 7) is 2.62. The van der Waals surface area contributed by atoms with Crippen molar-refractivity contribution in [3.8, 4) is 28.6 Å². The molecule has 1 aliphatic heterocycles. The van der Waals surface area contributed by atoms with Gasteiger partial charge in [-0.05, 0) is 31.2 Å². The molecule has 1 aliphatic rings. The normalized spacial score (nSPS) is 17.2. The number of aromatic nitrogens is 3. The number of aryl methyl sites for hydroxylation is 1. The zero-order valence-corrected chi connectivity index (χ0v) is 16.9. The van der Waals surface area contributed by atoms with Crippen molar-refractivity contribution in [3.63, 3.8) is 0 Å². The highest BCUT2D eigenvalue weighted by Crippen LogP contribution is 2.35. The number of pyridine rings is 1. The lowest BCUT2D eigenvalue weighted by Gasteiger charge is -2.21. The molecule has 1 amide bonds. The summed E-state index contributed by atoms with van der Waals surface area (Å²) in [5, 5.41) is 2.87. The Morgan fingerprint density at radius 3 is 2.72 bits per heavy atom. The Kier molecular flexibility index (Phi) is 5.00. The highest BCUT2D eigenvalue weighted by molar-refractivity contribution is 5.87. The van der Waals surface area contributed by atoms with Crippen LogP contribution in [-0.2, 0) is 11.8 Å². The molecule has 8 nitrogen and oxygen atoms in total. The van der Waals surface area contributed by atoms with Gasteiger partial charge in [0, 0.05) is 31.5 Å². The molecule has 152 valence electrons. The van der Waals surface area contributed by atoms with Crippen LogP contribution in [0.15, 0.2) is 30.6 Å². The molecular weight excluding hydrogens is 372 g/mol. The monoisotopic (exact) mass is 396 g/mol. The largest absolute Gasteiger partial charge is 0.491 e. The SMILES string of the molecule is COc1ccc(-c2cc(OC(C)C3CNC(=O)C3)c3c(c2)ncn3C)nc1OC. The van der Waals surface area contributed by atoms with E-state index in [0.29, 0.717) is 30.3 Å². The van der Waals surface area contributed by atoms with Crippen molar-refractivity contribution in [1.82, 2.24) is 19.9 Å². The number of nitrogens with one attached hydrogen (secondary N) is 1. The molecular formula is C21H24N4O4. The molecule has 1 N–H and O–H groups in total. The van der Waals surface area contributed by atoms with E-state index in [2.05, 4.69) is 15.3 Å². The van der Waals surface area contributed by atoms with Crippen LogP contribution >= 0.6 is 0 Å². The molecule has 0 bridgehead atoms. The van der Waals surface area contributed by atoms with Crippen LogP contribution in [-0.4, -0.2) is 47.3 Å². The van der Waals surface area contributed by atoms with Crippen molar-refractivity contribution in [2.45, 2.75) is 19.4 Å². The number of ether oxygens (including phenoxy) is 3. The van der Waals surface area contributed by atoms with Gasteiger partial charge in [-0.1, -0.05) is 0 Å². The number of benzene rings is 1. The van der Waals surface area contributed by atoms with Crippen molar-refractivity contribution in [2.75, 3.05) is 20.8 Å². The number of amides is 1. The zero-order chi connectivity index (χ0) is 20.5. The van der Waals surface area contributed by atoms with E-state index in [-0.39, 0.29) is 17.9 Å². The van der Waals surface area contributed by atoms with Crippen LogP contribution in [0.1, 0.15) is 13.3 Å². The molecule has 0 spiro atoms. The Balaban J connectivity index is 1.74. The number of fused-ring (bicyclic) bond motifs is 1. The van der Waals surface area contributed by atoms with E-state index < -0.39 is 0 Å². The second-order valence-electron chi connectivity index (χ2n) is 7.20. The van der Waals surface area contributed by atoms with E-state index in [1.165, 1.54) is 0 Å². The van der Waals surface area contributed by atoms with Gasteiger partial charge in [-0.15, -0.1) is 0 Å². The molecule has 4 rings (SSSR count). The van der Waals surface area contributed by atoms with Gasteiger partial charge < -0.3 is 24.1 Å². The molecule has 3 aromatic rings. The standard InChI is InChI=1S/C21H24N4O4/c1-12(14-9-19(26)22-10-14)29-18-8-13(7-16-20(18)25(2)11-23-16)15-5-6-17(27-3)21(24-15)28-4/h5-8,11-12,14H,9-10H2,1-4H3,(H,22,26). The Morgan fingerprint density at radius 1 is 1.21 bits per heavy atom. The maximum atomic E-state index is 11.6. The van der Waals surface area contributed by atoms with Gasteiger partial charge in [0.05, 0.1) is 31.8 Å². The van der Waals surface area contributed by atoms with Gasteiger partial charge in [0.15, 0.2) is 5.75 Å². The molecule has 0 saturated carbocycles. The summed E-state index contributed by atoms with van der Waals surface area (Å²) < 4.78 is 18.9. The van der Waals surface area contributed by atoms with Crippen LogP contribution in [0, 0.1) is 5.92 Å². The second-order valence-corrected chi connectivity index (χ2v) is 7.20. The quantitative estimate of drug-likeness (QED) is 0.689. The Labute approximate surface area is 168 Å². The van der Waals surface area contributed by atoms with Crippen LogP contribution < -0.4 is 19.5 Å². The molecule has 1 aromatic carbocycles. The highest BCUT2D eigenvalue weighted by Gasteiger charge is 2.28. The van der Waals surface area contributed by atoms with Gasteiger partial charge in [0.2, 0.25) is 5.91 Å². The number of imidazole rings is 1. The topological polar surface area (TPSA) is 87.5 Å². The van der Waals surface area contributed by atoms with Gasteiger partial charge >= 0.3 is 0 Å². The first-order valence-electron chi connectivity index (χ1n) is 9.48. The molecule has 2 unspecified atom stereocenters. The summed E-state index contributed by atoms with van der Waals surface area (Å²) in [7, 11) is 5.07. The maximum Gasteiger partial charge on any atom is 0.257 e. The molecule has 8 heteroatoms. The summed E-state index contributed by atoms with van der Waals surface area (Å²) in [6, 6.07) is 7.63. The number of nitrogens with zero attached hydrogens (tertiary/aromatic N) is 3. The van der Waals surface area contributed by atoms with E-state index >= 15 is 0 Å². The first-order chi connectivity index (χ1) is 14.0. The zero-order valence-electron chi connectivity index (χ0n) is 16.9. The van der Waals surface area contributed by atoms with Crippen LogP contribution in [0.25, 0.3) is 22.3 Å². The summed E-state index contributed by atoms with van der Waals surface area (Å²) >= 11 is 0. The van der Waals surface area contributed by atoms with E-state index in [9.17, 15) is 4.79 Å². The number of rotatable bonds is 6. The molecule has 2 aromatic heterocycles. The molecule has 0 radical (unpaired) electrons. The Bertz CT molecular complexity index is 1060. The van der Waals surface area contributed by atoms with Crippen molar-refractivity contribution in [1.29, 1.82) is 0 Å². The number of hydrogen-bond donors (Lipinski definition) is 1. The number of carbonyl (C=O) groups excluding carboxylic acids is 1. The molecule has 29 heavy (non-hydrogen) atoms. The minimum atomic E-state index is -0.124. The van der Waals surface area contributed by atoms with Crippen LogP contribution in [0.5, 0.6) is 17.4 Å². The molecule has 1 fully saturated rings. The first-order valence-corrected chi connectivity index (χ1v) is 9.48. The fraction of sp³-hybridized carbons (Fsp3) is 0.381. The average molecular weight is 396 g/mol. The summed E-state index contributed by atoms with van der Waals surface area (Å²) in [5.74, 6) is 1.89. The Hall–Kier alpha value is -3.29. The second kappa shape index (κ2) is 7.62. The van der Waals surface area contributed by atoms with Gasteiger partial charge in [-0.2, -0.15) is 0 Å². The van der Waals surface area contributed by atoms with E-state index in [0.717, 1.165) is 22.3 Å². The maximum absolute atomic E-state index is 11.6. The van der Waals surface area contributed by atoms with Crippen molar-refractivity contribution >= 4 is 16.9 Å². The van der Waals surface area contributed by atoms with Gasteiger partial charge in [0.1, 0.15) is 17.4 Å². The van der Waals surface area contributed by atoms with Crippen molar-refractivity contribution in [2.24, 2.45) is 13.0 Å². The van der Waals surface area contributed by atoms with Crippen molar-refractivity contribution < 1.29 is 19.0 Å². The predicted molar refractivity (Wildman–Crippen MR) is 108 cm³/mol. The highest BCUT2D eigenvalue weighted by atomic mass is 16.5. The minimum absolute atomic E-state index is 0.0689. The summed E-state index contributed by atoms with van der Waals surface area (Å²) in [5.41, 5.74) is 3.30. The van der Waals surface area contributed by atoms with Crippen LogP contribution in [0.4, 0.5) is 0 Å². The molecule has 1 saturated heterocycles. The number of carbonyl (C=O) groups is 1. The third kappa shape index (κ3) is 3.57. The smallest absolute Gasteiger partial charge is 0.257 e. The minimum Gasteiger partial charge on any atom is -0.491 e. The van der Waals surface area contributed by atoms with Gasteiger partial charge in [-0.3, -0.25) is 4.79 Å². The third-order valence-corrected chi connectivity index (χ3v) is 5.30. The molecule has 2 atom stereocenters. The van der Waals surface area contributed by atoms with E-state index in [1.54, 1.807) is 20.5 Å². The fourth-order valence-electron chi connectivity index (χ4n) is 3.64. The predicted octanol–water partition coefficient (Wildman–Crippen LogP) is 2.56. The first kappa shape index (κ1) is 19.0. The van der Waals surface area contributed by atoms with Gasteiger partial charge in [-0.25, -0.2) is 9.97 Å². The lowest BCUT2D eigenvalue weighted by atomic mass is 10.0.